The van der Waals surface area contributed by atoms with E-state index in [1.165, 1.54) is 0 Å². The standard InChI is InChI=1S/C13H18ClNO4S/c1-13(2,8-7-12(16)17)15-20(18,19)9-10-5-3-4-6-11(10)14/h3-6,15H,7-9H2,1-2H3,(H,16,17). The number of hydrogen-bond donors (Lipinski definition) is 2. The van der Waals surface area contributed by atoms with Crippen molar-refractivity contribution in [1.82, 2.24) is 4.72 Å². The topological polar surface area (TPSA) is 83.5 Å². The number of carboxylic acid groups (broad SMARTS) is 1. The summed E-state index contributed by atoms with van der Waals surface area (Å²) >= 11 is 5.93. The molecule has 0 aromatic heterocycles. The van der Waals surface area contributed by atoms with E-state index in [-0.39, 0.29) is 18.6 Å². The molecule has 0 aliphatic heterocycles. The van der Waals surface area contributed by atoms with Gasteiger partial charge in [-0.15, -0.1) is 0 Å². The van der Waals surface area contributed by atoms with Crippen LogP contribution in [0.3, 0.4) is 0 Å². The van der Waals surface area contributed by atoms with Crippen LogP contribution in [0.4, 0.5) is 0 Å². The smallest absolute Gasteiger partial charge is 0.303 e. The largest absolute Gasteiger partial charge is 0.481 e. The van der Waals surface area contributed by atoms with E-state index in [1.807, 2.05) is 0 Å². The third-order valence-electron chi connectivity index (χ3n) is 2.70. The maximum atomic E-state index is 12.1. The van der Waals surface area contributed by atoms with Crippen LogP contribution in [-0.4, -0.2) is 25.0 Å². The lowest BCUT2D eigenvalue weighted by Gasteiger charge is -2.25. The average Bonchev–Trinajstić information content (AvgIpc) is 2.28. The van der Waals surface area contributed by atoms with E-state index in [1.54, 1.807) is 38.1 Å². The van der Waals surface area contributed by atoms with Crippen LogP contribution in [0.15, 0.2) is 24.3 Å². The molecule has 0 atom stereocenters. The number of halogens is 1. The molecule has 112 valence electrons. The van der Waals surface area contributed by atoms with E-state index in [2.05, 4.69) is 4.72 Å². The second-order valence-corrected chi connectivity index (χ2v) is 7.36. The molecule has 7 heteroatoms. The van der Waals surface area contributed by atoms with Crippen LogP contribution in [0.25, 0.3) is 0 Å². The van der Waals surface area contributed by atoms with Crippen molar-refractivity contribution < 1.29 is 18.3 Å². The summed E-state index contributed by atoms with van der Waals surface area (Å²) < 4.78 is 26.7. The summed E-state index contributed by atoms with van der Waals surface area (Å²) in [6.07, 6.45) is 0.117. The number of rotatable bonds is 7. The Hall–Kier alpha value is -1.11. The number of sulfonamides is 1. The van der Waals surface area contributed by atoms with Crippen molar-refractivity contribution >= 4 is 27.6 Å². The molecular weight excluding hydrogens is 302 g/mol. The first kappa shape index (κ1) is 16.9. The third-order valence-corrected chi connectivity index (χ3v) is 4.62. The van der Waals surface area contributed by atoms with Crippen LogP contribution in [0.2, 0.25) is 5.02 Å². The Morgan fingerprint density at radius 2 is 1.95 bits per heavy atom. The zero-order valence-corrected chi connectivity index (χ0v) is 13.0. The van der Waals surface area contributed by atoms with Crippen LogP contribution in [-0.2, 0) is 20.6 Å². The zero-order chi connectivity index (χ0) is 15.4. The Morgan fingerprint density at radius 3 is 2.50 bits per heavy atom. The molecule has 0 unspecified atom stereocenters. The predicted octanol–water partition coefficient (Wildman–Crippen LogP) is 2.40. The molecule has 0 heterocycles. The number of nitrogens with one attached hydrogen (secondary N) is 1. The number of carboxylic acids is 1. The van der Waals surface area contributed by atoms with E-state index in [0.29, 0.717) is 10.6 Å². The van der Waals surface area contributed by atoms with Gasteiger partial charge in [-0.1, -0.05) is 29.8 Å². The SMILES string of the molecule is CC(C)(CCC(=O)O)NS(=O)(=O)Cc1ccccc1Cl. The normalized spacial score (nSPS) is 12.3. The second-order valence-electron chi connectivity index (χ2n) is 5.23. The number of benzene rings is 1. The number of hydrogen-bond acceptors (Lipinski definition) is 3. The van der Waals surface area contributed by atoms with E-state index in [9.17, 15) is 13.2 Å². The molecule has 0 saturated heterocycles. The van der Waals surface area contributed by atoms with Gasteiger partial charge in [-0.3, -0.25) is 4.79 Å². The molecule has 0 amide bonds. The third kappa shape index (κ3) is 5.90. The van der Waals surface area contributed by atoms with Gasteiger partial charge in [-0.05, 0) is 31.9 Å². The van der Waals surface area contributed by atoms with Crippen LogP contribution in [0, 0.1) is 0 Å². The van der Waals surface area contributed by atoms with Crippen molar-refractivity contribution in [2.75, 3.05) is 0 Å². The molecule has 0 fully saturated rings. The van der Waals surface area contributed by atoms with Crippen molar-refractivity contribution in [2.45, 2.75) is 38.0 Å². The van der Waals surface area contributed by atoms with Gasteiger partial charge < -0.3 is 5.11 Å². The van der Waals surface area contributed by atoms with Crippen LogP contribution in [0.5, 0.6) is 0 Å². The molecule has 0 bridgehead atoms. The van der Waals surface area contributed by atoms with Gasteiger partial charge in [0.15, 0.2) is 0 Å². The van der Waals surface area contributed by atoms with Crippen LogP contribution in [0.1, 0.15) is 32.3 Å². The summed E-state index contributed by atoms with van der Waals surface area (Å²) in [4.78, 5) is 10.6. The second kappa shape index (κ2) is 6.56. The maximum absolute atomic E-state index is 12.1. The molecule has 5 nitrogen and oxygen atoms in total. The Balaban J connectivity index is 2.75. The highest BCUT2D eigenvalue weighted by molar-refractivity contribution is 7.88. The molecule has 0 saturated carbocycles. The average molecular weight is 320 g/mol. The molecule has 1 rings (SSSR count). The molecule has 0 aliphatic rings. The molecule has 20 heavy (non-hydrogen) atoms. The molecule has 1 aromatic carbocycles. The lowest BCUT2D eigenvalue weighted by molar-refractivity contribution is -0.137. The minimum Gasteiger partial charge on any atom is -0.481 e. The minimum atomic E-state index is -3.59. The van der Waals surface area contributed by atoms with Gasteiger partial charge in [0.25, 0.3) is 0 Å². The molecule has 1 aromatic rings. The fourth-order valence-electron chi connectivity index (χ4n) is 1.75. The van der Waals surface area contributed by atoms with Gasteiger partial charge in [0.1, 0.15) is 0 Å². The van der Waals surface area contributed by atoms with Crippen molar-refractivity contribution in [2.24, 2.45) is 0 Å². The Bertz CT molecular complexity index is 584. The van der Waals surface area contributed by atoms with E-state index < -0.39 is 21.5 Å². The highest BCUT2D eigenvalue weighted by atomic mass is 35.5. The van der Waals surface area contributed by atoms with E-state index in [0.717, 1.165) is 0 Å². The monoisotopic (exact) mass is 319 g/mol. The summed E-state index contributed by atoms with van der Waals surface area (Å²) in [5.41, 5.74) is -0.311. The van der Waals surface area contributed by atoms with Crippen LogP contribution >= 0.6 is 11.6 Å². The summed E-state index contributed by atoms with van der Waals surface area (Å²) in [7, 11) is -3.59. The molecule has 0 spiro atoms. The molecule has 2 N–H and O–H groups in total. The highest BCUT2D eigenvalue weighted by Crippen LogP contribution is 2.19. The van der Waals surface area contributed by atoms with Gasteiger partial charge in [0.05, 0.1) is 5.75 Å². The lowest BCUT2D eigenvalue weighted by Crippen LogP contribution is -2.44. The summed E-state index contributed by atoms with van der Waals surface area (Å²) in [5, 5.41) is 9.04. The summed E-state index contributed by atoms with van der Waals surface area (Å²) in [5.74, 6) is -1.19. The first-order chi connectivity index (χ1) is 9.11. The van der Waals surface area contributed by atoms with Crippen LogP contribution < -0.4 is 4.72 Å². The number of aliphatic carboxylic acids is 1. The van der Waals surface area contributed by atoms with Gasteiger partial charge >= 0.3 is 5.97 Å². The fourth-order valence-corrected chi connectivity index (χ4v) is 3.71. The highest BCUT2D eigenvalue weighted by Gasteiger charge is 2.26. The fraction of sp³-hybridized carbons (Fsp3) is 0.462. The van der Waals surface area contributed by atoms with Crippen molar-refractivity contribution in [3.8, 4) is 0 Å². The Labute approximate surface area is 124 Å². The van der Waals surface area contributed by atoms with Gasteiger partial charge in [-0.25, -0.2) is 13.1 Å². The Morgan fingerprint density at radius 1 is 1.35 bits per heavy atom. The minimum absolute atomic E-state index is 0.0956. The molecular formula is C13H18ClNO4S. The lowest BCUT2D eigenvalue weighted by atomic mass is 10.0. The van der Waals surface area contributed by atoms with Crippen molar-refractivity contribution in [1.29, 1.82) is 0 Å². The first-order valence-electron chi connectivity index (χ1n) is 6.08. The first-order valence-corrected chi connectivity index (χ1v) is 8.11. The quantitative estimate of drug-likeness (QED) is 0.808. The van der Waals surface area contributed by atoms with Crippen molar-refractivity contribution in [3.05, 3.63) is 34.9 Å². The maximum Gasteiger partial charge on any atom is 0.303 e. The summed E-state index contributed by atoms with van der Waals surface area (Å²) in [6.45, 7) is 3.31. The number of carbonyl (C=O) groups is 1. The Kier molecular flexibility index (Phi) is 5.56. The zero-order valence-electron chi connectivity index (χ0n) is 11.4. The summed E-state index contributed by atoms with van der Waals surface area (Å²) in [6, 6.07) is 6.71. The molecule has 0 aliphatic carbocycles. The predicted molar refractivity (Wildman–Crippen MR) is 78.2 cm³/mol. The molecule has 0 radical (unpaired) electrons. The van der Waals surface area contributed by atoms with Gasteiger partial charge in [0, 0.05) is 17.0 Å². The van der Waals surface area contributed by atoms with Gasteiger partial charge in [0.2, 0.25) is 10.0 Å². The van der Waals surface area contributed by atoms with Crippen molar-refractivity contribution in [3.63, 3.8) is 0 Å². The van der Waals surface area contributed by atoms with Gasteiger partial charge in [-0.2, -0.15) is 0 Å². The van der Waals surface area contributed by atoms with E-state index >= 15 is 0 Å². The van der Waals surface area contributed by atoms with E-state index in [4.69, 9.17) is 16.7 Å².